The molecule has 0 aromatic heterocycles. The summed E-state index contributed by atoms with van der Waals surface area (Å²) in [5.41, 5.74) is 6.18. The number of nitrogen functional groups attached to an aromatic ring is 1. The van der Waals surface area contributed by atoms with Crippen molar-refractivity contribution in [1.82, 2.24) is 0 Å². The van der Waals surface area contributed by atoms with Crippen molar-refractivity contribution in [1.29, 1.82) is 0 Å². The van der Waals surface area contributed by atoms with E-state index in [0.717, 1.165) is 5.69 Å². The van der Waals surface area contributed by atoms with E-state index in [9.17, 15) is 0 Å². The van der Waals surface area contributed by atoms with Crippen molar-refractivity contribution in [3.05, 3.63) is 30.3 Å². The maximum atomic E-state index is 7.00. The molecule has 1 aromatic carbocycles. The van der Waals surface area contributed by atoms with Gasteiger partial charge < -0.3 is 21.3 Å². The number of benzene rings is 1. The van der Waals surface area contributed by atoms with Crippen molar-refractivity contribution in [2.24, 2.45) is 0 Å². The minimum Gasteiger partial charge on any atom is -0.429 e. The van der Waals surface area contributed by atoms with E-state index in [0.29, 0.717) is 0 Å². The van der Waals surface area contributed by atoms with Crippen molar-refractivity contribution in [2.75, 3.05) is 5.73 Å². The highest BCUT2D eigenvalue weighted by Crippen LogP contribution is 1.95. The molecular weight excluding hydrogens is 145 g/mol. The molecule has 0 amide bonds. The molecule has 0 atom stereocenters. The zero-order chi connectivity index (χ0) is 7.82. The monoisotopic (exact) mass is 156 g/mol. The van der Waals surface area contributed by atoms with Crippen molar-refractivity contribution >= 4 is 13.4 Å². The van der Waals surface area contributed by atoms with Crippen LogP contribution in [0, 0.1) is 0 Å². The average molecular weight is 156 g/mol. The predicted octanol–water partition coefficient (Wildman–Crippen LogP) is -1.05. The van der Waals surface area contributed by atoms with Crippen molar-refractivity contribution < 1.29 is 15.5 Å². The van der Waals surface area contributed by atoms with Gasteiger partial charge in [-0.3, -0.25) is 0 Å². The molecule has 0 saturated carbocycles. The Balaban J connectivity index is 0. The number of nitrogens with two attached hydrogens (primary N) is 1. The quantitative estimate of drug-likeness (QED) is 0.330. The lowest BCUT2D eigenvalue weighted by Crippen LogP contribution is -1.79. The summed E-state index contributed by atoms with van der Waals surface area (Å²) < 4.78 is 0. The normalized spacial score (nSPS) is 6.73. The molecular formula is C6H11BNO3. The first-order valence-corrected chi connectivity index (χ1v) is 2.72. The molecule has 0 aliphatic rings. The Bertz CT molecular complexity index is 159. The average Bonchev–Trinajstić information content (AvgIpc) is 1.91. The van der Waals surface area contributed by atoms with E-state index in [1.54, 1.807) is 0 Å². The van der Waals surface area contributed by atoms with Crippen LogP contribution in [-0.2, 0) is 0 Å². The Morgan fingerprint density at radius 1 is 1.09 bits per heavy atom. The standard InChI is InChI=1S/C6H7N.BH2O2.H2O/c7-6-4-2-1-3-5-6;2-1-3;/h1-5H,7H2;2-3H;1H2. The van der Waals surface area contributed by atoms with E-state index in [4.69, 9.17) is 15.8 Å². The number of rotatable bonds is 0. The van der Waals surface area contributed by atoms with Crippen molar-refractivity contribution in [3.63, 3.8) is 0 Å². The highest BCUT2D eigenvalue weighted by Gasteiger charge is 1.72. The lowest BCUT2D eigenvalue weighted by atomic mass is 10.3. The number of hydrogen-bond acceptors (Lipinski definition) is 3. The van der Waals surface area contributed by atoms with Gasteiger partial charge in [-0.05, 0) is 12.1 Å². The van der Waals surface area contributed by atoms with E-state index < -0.39 is 0 Å². The Hall–Kier alpha value is -1.04. The lowest BCUT2D eigenvalue weighted by molar-refractivity contribution is 0.448. The number of hydrogen-bond donors (Lipinski definition) is 3. The van der Waals surface area contributed by atoms with Gasteiger partial charge in [-0.15, -0.1) is 0 Å². The fourth-order valence-electron chi connectivity index (χ4n) is 0.453. The van der Waals surface area contributed by atoms with Crippen LogP contribution in [0.3, 0.4) is 0 Å². The van der Waals surface area contributed by atoms with Crippen LogP contribution >= 0.6 is 0 Å². The molecule has 0 fully saturated rings. The topological polar surface area (TPSA) is 98.0 Å². The minimum atomic E-state index is 0. The summed E-state index contributed by atoms with van der Waals surface area (Å²) in [6, 6.07) is 9.49. The van der Waals surface area contributed by atoms with E-state index in [1.165, 1.54) is 0 Å². The molecule has 5 heteroatoms. The van der Waals surface area contributed by atoms with E-state index in [1.807, 2.05) is 30.3 Å². The first kappa shape index (κ1) is 12.6. The molecule has 0 spiro atoms. The third-order valence-electron chi connectivity index (χ3n) is 0.800. The molecule has 1 aromatic rings. The van der Waals surface area contributed by atoms with E-state index >= 15 is 0 Å². The maximum absolute atomic E-state index is 7.00. The molecule has 0 unspecified atom stereocenters. The molecule has 0 bridgehead atoms. The molecule has 11 heavy (non-hydrogen) atoms. The van der Waals surface area contributed by atoms with Crippen LogP contribution in [-0.4, -0.2) is 23.2 Å². The summed E-state index contributed by atoms with van der Waals surface area (Å²) in [5.74, 6) is 0. The summed E-state index contributed by atoms with van der Waals surface area (Å²) in [5, 5.41) is 14.0. The Kier molecular flexibility index (Phi) is 10.3. The Labute approximate surface area is 65.9 Å². The zero-order valence-electron chi connectivity index (χ0n) is 5.94. The number of anilines is 1. The second kappa shape index (κ2) is 8.96. The SMILES string of the molecule is Nc1ccccc1.O.O[B]O. The zero-order valence-corrected chi connectivity index (χ0v) is 5.94. The Morgan fingerprint density at radius 3 is 1.64 bits per heavy atom. The van der Waals surface area contributed by atoms with Crippen LogP contribution < -0.4 is 5.73 Å². The first-order chi connectivity index (χ1) is 4.81. The van der Waals surface area contributed by atoms with Gasteiger partial charge >= 0.3 is 7.69 Å². The molecule has 0 aliphatic carbocycles. The van der Waals surface area contributed by atoms with Gasteiger partial charge in [0.05, 0.1) is 0 Å². The van der Waals surface area contributed by atoms with Crippen LogP contribution in [0.15, 0.2) is 30.3 Å². The van der Waals surface area contributed by atoms with Gasteiger partial charge in [0.25, 0.3) is 0 Å². The van der Waals surface area contributed by atoms with Crippen LogP contribution in [0.5, 0.6) is 0 Å². The summed E-state index contributed by atoms with van der Waals surface area (Å²) in [6.07, 6.45) is 0. The molecule has 0 aliphatic heterocycles. The van der Waals surface area contributed by atoms with Crippen LogP contribution in [0.4, 0.5) is 5.69 Å². The molecule has 4 nitrogen and oxygen atoms in total. The first-order valence-electron chi connectivity index (χ1n) is 2.72. The highest BCUT2D eigenvalue weighted by atomic mass is 16.4. The van der Waals surface area contributed by atoms with Crippen LogP contribution in [0.25, 0.3) is 0 Å². The molecule has 61 valence electrons. The largest absolute Gasteiger partial charge is 0.482 e. The van der Waals surface area contributed by atoms with Crippen LogP contribution in [0.2, 0.25) is 0 Å². The molecule has 0 heterocycles. The van der Waals surface area contributed by atoms with Gasteiger partial charge in [0.1, 0.15) is 0 Å². The maximum Gasteiger partial charge on any atom is 0.482 e. The second-order valence-corrected chi connectivity index (χ2v) is 1.53. The van der Waals surface area contributed by atoms with Crippen molar-refractivity contribution in [2.45, 2.75) is 0 Å². The van der Waals surface area contributed by atoms with Gasteiger partial charge in [-0.1, -0.05) is 18.2 Å². The summed E-state index contributed by atoms with van der Waals surface area (Å²) in [4.78, 5) is 0. The molecule has 6 N–H and O–H groups in total. The smallest absolute Gasteiger partial charge is 0.429 e. The Morgan fingerprint density at radius 2 is 1.45 bits per heavy atom. The van der Waals surface area contributed by atoms with Crippen molar-refractivity contribution in [3.8, 4) is 0 Å². The molecule has 0 saturated heterocycles. The predicted molar refractivity (Wildman–Crippen MR) is 44.7 cm³/mol. The number of para-hydroxylation sites is 1. The van der Waals surface area contributed by atoms with Gasteiger partial charge in [0.2, 0.25) is 0 Å². The fraction of sp³-hybridized carbons (Fsp3) is 0. The summed E-state index contributed by atoms with van der Waals surface area (Å²) in [7, 11) is 0. The molecule has 1 radical (unpaired) electrons. The lowest BCUT2D eigenvalue weighted by Gasteiger charge is -1.83. The fourth-order valence-corrected chi connectivity index (χ4v) is 0.453. The third kappa shape index (κ3) is 8.96. The van der Waals surface area contributed by atoms with Gasteiger partial charge in [-0.25, -0.2) is 0 Å². The third-order valence-corrected chi connectivity index (χ3v) is 0.800. The van der Waals surface area contributed by atoms with Gasteiger partial charge in [0, 0.05) is 5.69 Å². The summed E-state index contributed by atoms with van der Waals surface area (Å²) in [6.45, 7) is 0. The van der Waals surface area contributed by atoms with Gasteiger partial charge in [-0.2, -0.15) is 0 Å². The second-order valence-electron chi connectivity index (χ2n) is 1.53. The van der Waals surface area contributed by atoms with E-state index in [-0.39, 0.29) is 13.2 Å². The van der Waals surface area contributed by atoms with E-state index in [2.05, 4.69) is 0 Å². The van der Waals surface area contributed by atoms with Crippen LogP contribution in [0.1, 0.15) is 0 Å². The van der Waals surface area contributed by atoms with Gasteiger partial charge in [0.15, 0.2) is 0 Å². The minimum absolute atomic E-state index is 0. The highest BCUT2D eigenvalue weighted by molar-refractivity contribution is 6.13. The molecule has 1 rings (SSSR count). The summed E-state index contributed by atoms with van der Waals surface area (Å²) >= 11 is 0.